The summed E-state index contributed by atoms with van der Waals surface area (Å²) >= 11 is 1.83. The zero-order valence-corrected chi connectivity index (χ0v) is 17.3. The van der Waals surface area contributed by atoms with Crippen LogP contribution < -0.4 is 5.32 Å². The standard InChI is InChI=1S/C22H25N3O2S/c1-4-16-5-7-17(8-6-16)13-20(26)23-22-25-24-21(27-22)14-18-9-11-19(12-10-18)28-15(2)3/h5-12,15H,4,13-14H2,1-3H3,(H,23,25,26). The van der Waals surface area contributed by atoms with Crippen molar-refractivity contribution in [3.63, 3.8) is 0 Å². The van der Waals surface area contributed by atoms with Gasteiger partial charge in [-0.3, -0.25) is 10.1 Å². The maximum Gasteiger partial charge on any atom is 0.322 e. The van der Waals surface area contributed by atoms with E-state index in [-0.39, 0.29) is 18.3 Å². The number of anilines is 1. The molecule has 1 amide bonds. The van der Waals surface area contributed by atoms with Crippen LogP contribution in [0.2, 0.25) is 0 Å². The van der Waals surface area contributed by atoms with Crippen molar-refractivity contribution in [1.29, 1.82) is 0 Å². The molecule has 1 heterocycles. The number of hydrogen-bond acceptors (Lipinski definition) is 5. The van der Waals surface area contributed by atoms with Crippen molar-refractivity contribution in [1.82, 2.24) is 10.2 Å². The molecule has 0 aliphatic rings. The minimum atomic E-state index is -0.172. The Morgan fingerprint density at radius 2 is 1.64 bits per heavy atom. The minimum Gasteiger partial charge on any atom is -0.407 e. The fraction of sp³-hybridized carbons (Fsp3) is 0.318. The SMILES string of the molecule is CCc1ccc(CC(=O)Nc2nnc(Cc3ccc(SC(C)C)cc3)o2)cc1. The fourth-order valence-electron chi connectivity index (χ4n) is 2.75. The molecule has 0 aliphatic heterocycles. The highest BCUT2D eigenvalue weighted by Crippen LogP contribution is 2.23. The van der Waals surface area contributed by atoms with Gasteiger partial charge in [0.25, 0.3) is 0 Å². The second-order valence-electron chi connectivity index (χ2n) is 6.88. The maximum absolute atomic E-state index is 12.2. The van der Waals surface area contributed by atoms with E-state index in [1.54, 1.807) is 0 Å². The summed E-state index contributed by atoms with van der Waals surface area (Å²) < 4.78 is 5.57. The normalized spacial score (nSPS) is 11.0. The lowest BCUT2D eigenvalue weighted by atomic mass is 10.1. The number of nitrogens with one attached hydrogen (secondary N) is 1. The molecule has 0 saturated carbocycles. The van der Waals surface area contributed by atoms with Crippen molar-refractivity contribution in [2.45, 2.75) is 50.2 Å². The molecule has 28 heavy (non-hydrogen) atoms. The molecule has 0 unspecified atom stereocenters. The lowest BCUT2D eigenvalue weighted by Gasteiger charge is -2.05. The van der Waals surface area contributed by atoms with Crippen molar-refractivity contribution in [3.05, 3.63) is 71.1 Å². The average Bonchev–Trinajstić information content (AvgIpc) is 3.10. The molecule has 146 valence electrons. The highest BCUT2D eigenvalue weighted by Gasteiger charge is 2.11. The molecule has 6 heteroatoms. The fourth-order valence-corrected chi connectivity index (χ4v) is 3.59. The van der Waals surface area contributed by atoms with E-state index in [1.807, 2.05) is 36.0 Å². The predicted octanol–water partition coefficient (Wildman–Crippen LogP) is 4.90. The molecule has 3 rings (SSSR count). The summed E-state index contributed by atoms with van der Waals surface area (Å²) in [6, 6.07) is 16.5. The molecule has 0 aliphatic carbocycles. The molecule has 0 saturated heterocycles. The Kier molecular flexibility index (Phi) is 6.87. The summed E-state index contributed by atoms with van der Waals surface area (Å²) in [6.07, 6.45) is 1.79. The van der Waals surface area contributed by atoms with Crippen molar-refractivity contribution in [3.8, 4) is 0 Å². The molecule has 0 radical (unpaired) electrons. The molecule has 0 atom stereocenters. The minimum absolute atomic E-state index is 0.136. The summed E-state index contributed by atoms with van der Waals surface area (Å²) in [4.78, 5) is 13.4. The zero-order valence-electron chi connectivity index (χ0n) is 16.4. The number of hydrogen-bond donors (Lipinski definition) is 1. The maximum atomic E-state index is 12.2. The van der Waals surface area contributed by atoms with Gasteiger partial charge in [-0.1, -0.05) is 62.3 Å². The summed E-state index contributed by atoms with van der Waals surface area (Å²) in [5.41, 5.74) is 3.29. The van der Waals surface area contributed by atoms with Crippen LogP contribution in [0.1, 0.15) is 43.4 Å². The van der Waals surface area contributed by atoms with Gasteiger partial charge in [0.05, 0.1) is 12.8 Å². The molecule has 0 spiro atoms. The van der Waals surface area contributed by atoms with Crippen molar-refractivity contribution < 1.29 is 9.21 Å². The van der Waals surface area contributed by atoms with Crippen LogP contribution in [-0.2, 0) is 24.1 Å². The summed E-state index contributed by atoms with van der Waals surface area (Å²) in [5.74, 6) is 0.307. The number of amides is 1. The van der Waals surface area contributed by atoms with Crippen molar-refractivity contribution in [2.24, 2.45) is 0 Å². The van der Waals surface area contributed by atoms with E-state index in [0.717, 1.165) is 17.5 Å². The van der Waals surface area contributed by atoms with Gasteiger partial charge in [-0.15, -0.1) is 16.9 Å². The first kappa shape index (κ1) is 20.1. The summed E-state index contributed by atoms with van der Waals surface area (Å²) in [6.45, 7) is 6.45. The third-order valence-corrected chi connectivity index (χ3v) is 5.18. The largest absolute Gasteiger partial charge is 0.407 e. The van der Waals surface area contributed by atoms with Crippen LogP contribution in [0.4, 0.5) is 6.01 Å². The number of rotatable bonds is 8. The quantitative estimate of drug-likeness (QED) is 0.549. The lowest BCUT2D eigenvalue weighted by Crippen LogP contribution is -2.14. The predicted molar refractivity (Wildman–Crippen MR) is 113 cm³/mol. The molecule has 1 aromatic heterocycles. The van der Waals surface area contributed by atoms with Crippen LogP contribution in [0, 0.1) is 0 Å². The topological polar surface area (TPSA) is 68.0 Å². The van der Waals surface area contributed by atoms with Gasteiger partial charge in [0.1, 0.15) is 0 Å². The molecule has 0 bridgehead atoms. The second kappa shape index (κ2) is 9.55. The van der Waals surface area contributed by atoms with E-state index in [1.165, 1.54) is 10.5 Å². The summed E-state index contributed by atoms with van der Waals surface area (Å²) in [5, 5.41) is 11.2. The molecule has 5 nitrogen and oxygen atoms in total. The van der Waals surface area contributed by atoms with E-state index in [4.69, 9.17) is 4.42 Å². The van der Waals surface area contributed by atoms with Gasteiger partial charge in [0.2, 0.25) is 11.8 Å². The van der Waals surface area contributed by atoms with E-state index in [2.05, 4.69) is 60.6 Å². The van der Waals surface area contributed by atoms with Gasteiger partial charge in [-0.05, 0) is 35.2 Å². The zero-order chi connectivity index (χ0) is 19.9. The first-order valence-electron chi connectivity index (χ1n) is 9.47. The molecular formula is C22H25N3O2S. The number of nitrogens with zero attached hydrogens (tertiary/aromatic N) is 2. The Labute approximate surface area is 170 Å². The number of thioether (sulfide) groups is 1. The van der Waals surface area contributed by atoms with Gasteiger partial charge >= 0.3 is 6.01 Å². The number of carbonyl (C=O) groups excluding carboxylic acids is 1. The number of benzene rings is 2. The average molecular weight is 396 g/mol. The molecule has 1 N–H and O–H groups in total. The van der Waals surface area contributed by atoms with E-state index < -0.39 is 0 Å². The van der Waals surface area contributed by atoms with Crippen LogP contribution in [0.25, 0.3) is 0 Å². The van der Waals surface area contributed by atoms with Crippen molar-refractivity contribution in [2.75, 3.05) is 5.32 Å². The van der Waals surface area contributed by atoms with Gasteiger partial charge in [-0.2, -0.15) is 0 Å². The lowest BCUT2D eigenvalue weighted by molar-refractivity contribution is -0.115. The van der Waals surface area contributed by atoms with Crippen LogP contribution in [0.5, 0.6) is 0 Å². The van der Waals surface area contributed by atoms with Gasteiger partial charge in [0, 0.05) is 10.1 Å². The highest BCUT2D eigenvalue weighted by atomic mass is 32.2. The van der Waals surface area contributed by atoms with Crippen LogP contribution in [0.3, 0.4) is 0 Å². The van der Waals surface area contributed by atoms with Crippen molar-refractivity contribution >= 4 is 23.7 Å². The third-order valence-electron chi connectivity index (χ3n) is 4.16. The Morgan fingerprint density at radius 3 is 2.29 bits per heavy atom. The van der Waals surface area contributed by atoms with Crippen LogP contribution in [-0.4, -0.2) is 21.4 Å². The highest BCUT2D eigenvalue weighted by molar-refractivity contribution is 7.99. The summed E-state index contributed by atoms with van der Waals surface area (Å²) in [7, 11) is 0. The van der Waals surface area contributed by atoms with E-state index in [9.17, 15) is 4.79 Å². The Balaban J connectivity index is 1.53. The number of carbonyl (C=O) groups is 1. The van der Waals surface area contributed by atoms with Crippen LogP contribution in [0.15, 0.2) is 57.8 Å². The third kappa shape index (κ3) is 5.96. The van der Waals surface area contributed by atoms with Crippen LogP contribution >= 0.6 is 11.8 Å². The second-order valence-corrected chi connectivity index (χ2v) is 8.53. The molecule has 0 fully saturated rings. The number of aromatic nitrogens is 2. The Bertz CT molecular complexity index is 902. The first-order valence-corrected chi connectivity index (χ1v) is 10.4. The molecule has 2 aromatic carbocycles. The van der Waals surface area contributed by atoms with E-state index in [0.29, 0.717) is 17.6 Å². The monoisotopic (exact) mass is 395 g/mol. The molecule has 3 aromatic rings. The van der Waals surface area contributed by atoms with Gasteiger partial charge < -0.3 is 4.42 Å². The van der Waals surface area contributed by atoms with Gasteiger partial charge in [0.15, 0.2) is 0 Å². The van der Waals surface area contributed by atoms with Gasteiger partial charge in [-0.25, -0.2) is 0 Å². The molecular weight excluding hydrogens is 370 g/mol. The van der Waals surface area contributed by atoms with E-state index >= 15 is 0 Å². The Hall–Kier alpha value is -2.60. The number of aryl methyl sites for hydroxylation is 1. The first-order chi connectivity index (χ1) is 13.5. The Morgan fingerprint density at radius 1 is 1.00 bits per heavy atom. The smallest absolute Gasteiger partial charge is 0.322 e.